The fraction of sp³-hybridized carbons (Fsp3) is 0.391. The molecular formula is C23H28FN3O2S. The summed E-state index contributed by atoms with van der Waals surface area (Å²) in [6, 6.07) is 16.1. The van der Waals surface area contributed by atoms with Gasteiger partial charge in [-0.3, -0.25) is 14.5 Å². The van der Waals surface area contributed by atoms with Crippen LogP contribution in [0.1, 0.15) is 25.3 Å². The van der Waals surface area contributed by atoms with E-state index in [1.165, 1.54) is 41.6 Å². The third-order valence-corrected chi connectivity index (χ3v) is 6.21. The van der Waals surface area contributed by atoms with Crippen LogP contribution in [-0.4, -0.2) is 46.8 Å². The second-order valence-electron chi connectivity index (χ2n) is 7.58. The van der Waals surface area contributed by atoms with E-state index < -0.39 is 0 Å². The second kappa shape index (κ2) is 11.1. The summed E-state index contributed by atoms with van der Waals surface area (Å²) < 4.78 is 12.9. The number of amides is 2. The van der Waals surface area contributed by atoms with Gasteiger partial charge in [0.15, 0.2) is 0 Å². The summed E-state index contributed by atoms with van der Waals surface area (Å²) in [4.78, 5) is 27.0. The third-order valence-electron chi connectivity index (χ3n) is 5.06. The van der Waals surface area contributed by atoms with Gasteiger partial charge in [-0.05, 0) is 56.1 Å². The first-order valence-electron chi connectivity index (χ1n) is 10.2. The lowest BCUT2D eigenvalue weighted by molar-refractivity contribution is -0.121. The van der Waals surface area contributed by atoms with E-state index in [0.717, 1.165) is 32.5 Å². The van der Waals surface area contributed by atoms with Gasteiger partial charge in [0.05, 0.1) is 11.0 Å². The van der Waals surface area contributed by atoms with Gasteiger partial charge in [-0.25, -0.2) is 4.39 Å². The fourth-order valence-electron chi connectivity index (χ4n) is 3.48. The van der Waals surface area contributed by atoms with Gasteiger partial charge >= 0.3 is 0 Å². The van der Waals surface area contributed by atoms with E-state index in [0.29, 0.717) is 5.69 Å². The Hall–Kier alpha value is -2.38. The van der Waals surface area contributed by atoms with Crippen molar-refractivity contribution in [2.45, 2.75) is 37.6 Å². The SMILES string of the molecule is CC(SCC(=O)Nc1ccc(F)cc1)C(=O)NC1CCCN(Cc2ccccc2)C1. The number of halogens is 1. The molecule has 0 bridgehead atoms. The first kappa shape index (κ1) is 22.3. The largest absolute Gasteiger partial charge is 0.351 e. The Labute approximate surface area is 181 Å². The van der Waals surface area contributed by atoms with Crippen LogP contribution in [0.5, 0.6) is 0 Å². The summed E-state index contributed by atoms with van der Waals surface area (Å²) in [6.07, 6.45) is 2.03. The van der Waals surface area contributed by atoms with Crippen molar-refractivity contribution in [3.05, 3.63) is 66.0 Å². The van der Waals surface area contributed by atoms with Gasteiger partial charge in [-0.1, -0.05) is 30.3 Å². The van der Waals surface area contributed by atoms with Crippen LogP contribution in [0.2, 0.25) is 0 Å². The number of likely N-dealkylation sites (tertiary alicyclic amines) is 1. The van der Waals surface area contributed by atoms with E-state index >= 15 is 0 Å². The number of benzene rings is 2. The minimum Gasteiger partial charge on any atom is -0.351 e. The number of anilines is 1. The first-order valence-corrected chi connectivity index (χ1v) is 11.3. The van der Waals surface area contributed by atoms with Gasteiger partial charge in [0.1, 0.15) is 5.82 Å². The zero-order valence-electron chi connectivity index (χ0n) is 17.1. The molecule has 2 amide bonds. The molecule has 2 atom stereocenters. The molecule has 0 saturated carbocycles. The Balaban J connectivity index is 1.40. The number of hydrogen-bond acceptors (Lipinski definition) is 4. The average Bonchev–Trinajstić information content (AvgIpc) is 2.74. The van der Waals surface area contributed by atoms with Gasteiger partial charge in [0.2, 0.25) is 11.8 Å². The van der Waals surface area contributed by atoms with Gasteiger partial charge in [0, 0.05) is 24.8 Å². The van der Waals surface area contributed by atoms with Crippen molar-refractivity contribution in [2.75, 3.05) is 24.2 Å². The molecule has 1 aliphatic rings. The summed E-state index contributed by atoms with van der Waals surface area (Å²) in [5, 5.41) is 5.52. The van der Waals surface area contributed by atoms with Crippen LogP contribution in [0.15, 0.2) is 54.6 Å². The molecule has 3 rings (SSSR count). The van der Waals surface area contributed by atoms with Crippen molar-refractivity contribution in [3.63, 3.8) is 0 Å². The highest BCUT2D eigenvalue weighted by Crippen LogP contribution is 2.16. The Morgan fingerprint density at radius 1 is 1.17 bits per heavy atom. The summed E-state index contributed by atoms with van der Waals surface area (Å²) in [6.45, 7) is 4.58. The monoisotopic (exact) mass is 429 g/mol. The number of carbonyl (C=O) groups excluding carboxylic acids is 2. The number of thioether (sulfide) groups is 1. The normalized spacial score (nSPS) is 17.9. The first-order chi connectivity index (χ1) is 14.5. The van der Waals surface area contributed by atoms with Gasteiger partial charge in [-0.15, -0.1) is 11.8 Å². The molecule has 0 aromatic heterocycles. The van der Waals surface area contributed by atoms with Crippen molar-refractivity contribution in [2.24, 2.45) is 0 Å². The standard InChI is InChI=1S/C23H28FN3O2S/c1-17(30-16-22(28)25-20-11-9-19(24)10-12-20)23(29)26-21-8-5-13-27(15-21)14-18-6-3-2-4-7-18/h2-4,6-7,9-12,17,21H,5,8,13-16H2,1H3,(H,25,28)(H,26,29). The zero-order chi connectivity index (χ0) is 21.3. The number of nitrogens with one attached hydrogen (secondary N) is 2. The van der Waals surface area contributed by atoms with Crippen molar-refractivity contribution < 1.29 is 14.0 Å². The molecule has 2 aromatic rings. The van der Waals surface area contributed by atoms with Crippen LogP contribution in [-0.2, 0) is 16.1 Å². The van der Waals surface area contributed by atoms with E-state index in [2.05, 4.69) is 27.7 Å². The second-order valence-corrected chi connectivity index (χ2v) is 8.91. The predicted octanol–water partition coefficient (Wildman–Crippen LogP) is 3.67. The number of hydrogen-bond donors (Lipinski definition) is 2. The van der Waals surface area contributed by atoms with Crippen molar-refractivity contribution in [1.82, 2.24) is 10.2 Å². The van der Waals surface area contributed by atoms with Gasteiger partial charge in [-0.2, -0.15) is 0 Å². The Morgan fingerprint density at radius 3 is 2.63 bits per heavy atom. The van der Waals surface area contributed by atoms with E-state index in [-0.39, 0.29) is 34.7 Å². The maximum absolute atomic E-state index is 12.9. The maximum atomic E-state index is 12.9. The molecular weight excluding hydrogens is 401 g/mol. The number of piperidine rings is 1. The lowest BCUT2D eigenvalue weighted by atomic mass is 10.0. The van der Waals surface area contributed by atoms with Gasteiger partial charge < -0.3 is 10.6 Å². The molecule has 0 radical (unpaired) electrons. The Morgan fingerprint density at radius 2 is 1.90 bits per heavy atom. The van der Waals surface area contributed by atoms with Crippen LogP contribution in [0.3, 0.4) is 0 Å². The zero-order valence-corrected chi connectivity index (χ0v) is 18.0. The van der Waals surface area contributed by atoms with E-state index in [9.17, 15) is 14.0 Å². The van der Waals surface area contributed by atoms with Crippen LogP contribution in [0.25, 0.3) is 0 Å². The molecule has 7 heteroatoms. The molecule has 1 saturated heterocycles. The molecule has 2 N–H and O–H groups in total. The maximum Gasteiger partial charge on any atom is 0.234 e. The molecule has 160 valence electrons. The summed E-state index contributed by atoms with van der Waals surface area (Å²) in [5.41, 5.74) is 1.82. The summed E-state index contributed by atoms with van der Waals surface area (Å²) >= 11 is 1.30. The van der Waals surface area contributed by atoms with Crippen LogP contribution in [0, 0.1) is 5.82 Å². The third kappa shape index (κ3) is 7.15. The summed E-state index contributed by atoms with van der Waals surface area (Å²) in [7, 11) is 0. The smallest absolute Gasteiger partial charge is 0.234 e. The number of rotatable bonds is 8. The van der Waals surface area contributed by atoms with E-state index in [1.807, 2.05) is 25.1 Å². The number of carbonyl (C=O) groups is 2. The predicted molar refractivity (Wildman–Crippen MR) is 120 cm³/mol. The molecule has 2 unspecified atom stereocenters. The highest BCUT2D eigenvalue weighted by molar-refractivity contribution is 8.01. The van der Waals surface area contributed by atoms with E-state index in [1.54, 1.807) is 0 Å². The lowest BCUT2D eigenvalue weighted by Crippen LogP contribution is -2.49. The molecule has 30 heavy (non-hydrogen) atoms. The quantitative estimate of drug-likeness (QED) is 0.672. The molecule has 1 aliphatic heterocycles. The minimum absolute atomic E-state index is 0.0406. The molecule has 0 aliphatic carbocycles. The van der Waals surface area contributed by atoms with Crippen LogP contribution >= 0.6 is 11.8 Å². The van der Waals surface area contributed by atoms with Crippen molar-refractivity contribution >= 4 is 29.3 Å². The minimum atomic E-state index is -0.349. The van der Waals surface area contributed by atoms with Crippen LogP contribution in [0.4, 0.5) is 10.1 Å². The number of nitrogens with zero attached hydrogens (tertiary/aromatic N) is 1. The lowest BCUT2D eigenvalue weighted by Gasteiger charge is -2.33. The van der Waals surface area contributed by atoms with Crippen molar-refractivity contribution in [3.8, 4) is 0 Å². The molecule has 5 nitrogen and oxygen atoms in total. The highest BCUT2D eigenvalue weighted by Gasteiger charge is 2.24. The van der Waals surface area contributed by atoms with Crippen LogP contribution < -0.4 is 10.6 Å². The van der Waals surface area contributed by atoms with E-state index in [4.69, 9.17) is 0 Å². The summed E-state index contributed by atoms with van der Waals surface area (Å²) in [5.74, 6) is -0.437. The molecule has 2 aromatic carbocycles. The highest BCUT2D eigenvalue weighted by atomic mass is 32.2. The Kier molecular flexibility index (Phi) is 8.28. The van der Waals surface area contributed by atoms with Crippen molar-refractivity contribution in [1.29, 1.82) is 0 Å². The average molecular weight is 430 g/mol. The van der Waals surface area contributed by atoms with Gasteiger partial charge in [0.25, 0.3) is 0 Å². The Bertz CT molecular complexity index is 832. The molecule has 1 heterocycles. The molecule has 0 spiro atoms. The topological polar surface area (TPSA) is 61.4 Å². The molecule has 1 fully saturated rings. The fourth-order valence-corrected chi connectivity index (χ4v) is 4.18.